The lowest BCUT2D eigenvalue weighted by Gasteiger charge is -2.36. The van der Waals surface area contributed by atoms with Crippen molar-refractivity contribution in [1.82, 2.24) is 9.55 Å². The van der Waals surface area contributed by atoms with Crippen molar-refractivity contribution in [2.24, 2.45) is 5.41 Å². The number of hydrogen-bond donors (Lipinski definition) is 2. The van der Waals surface area contributed by atoms with E-state index in [0.717, 1.165) is 31.2 Å². The van der Waals surface area contributed by atoms with Gasteiger partial charge in [0, 0.05) is 12.0 Å². The molecule has 0 amide bonds. The summed E-state index contributed by atoms with van der Waals surface area (Å²) in [5, 5.41) is 19.0. The lowest BCUT2D eigenvalue weighted by Crippen LogP contribution is -2.33. The van der Waals surface area contributed by atoms with Crippen LogP contribution in [0.1, 0.15) is 42.5 Å². The molecule has 1 aliphatic rings. The Labute approximate surface area is 123 Å². The number of carboxylic acid groups (broad SMARTS) is 1. The normalized spacial score (nSPS) is 18.0. The molecule has 0 saturated heterocycles. The second kappa shape index (κ2) is 5.48. The van der Waals surface area contributed by atoms with E-state index in [1.54, 1.807) is 18.5 Å². The molecule has 0 spiro atoms. The largest absolute Gasteiger partial charge is 0.478 e. The molecule has 1 fully saturated rings. The van der Waals surface area contributed by atoms with Crippen LogP contribution < -0.4 is 0 Å². The molecule has 3 rings (SSSR count). The van der Waals surface area contributed by atoms with Crippen LogP contribution in [0, 0.1) is 5.41 Å². The smallest absolute Gasteiger partial charge is 0.337 e. The lowest BCUT2D eigenvalue weighted by molar-refractivity contribution is 0.0657. The third-order valence-electron chi connectivity index (χ3n) is 4.64. The molecule has 112 valence electrons. The van der Waals surface area contributed by atoms with Crippen LogP contribution in [-0.4, -0.2) is 32.3 Å². The van der Waals surface area contributed by atoms with Crippen LogP contribution in [0.3, 0.4) is 0 Å². The van der Waals surface area contributed by atoms with E-state index in [9.17, 15) is 15.0 Å². The van der Waals surface area contributed by atoms with Crippen molar-refractivity contribution in [2.75, 3.05) is 6.61 Å². The number of benzene rings is 1. The summed E-state index contributed by atoms with van der Waals surface area (Å²) < 4.78 is 1.99. The summed E-state index contributed by atoms with van der Waals surface area (Å²) in [6.45, 7) is 0.869. The number of fused-ring (bicyclic) bond motifs is 1. The van der Waals surface area contributed by atoms with Crippen molar-refractivity contribution >= 4 is 17.0 Å². The summed E-state index contributed by atoms with van der Waals surface area (Å²) in [7, 11) is 0. The predicted octanol–water partition coefficient (Wildman–Crippen LogP) is 2.68. The lowest BCUT2D eigenvalue weighted by atomic mass is 9.74. The van der Waals surface area contributed by atoms with Gasteiger partial charge >= 0.3 is 5.97 Å². The van der Waals surface area contributed by atoms with E-state index < -0.39 is 5.97 Å². The van der Waals surface area contributed by atoms with Crippen LogP contribution in [0.2, 0.25) is 0 Å². The minimum atomic E-state index is -0.958. The van der Waals surface area contributed by atoms with Gasteiger partial charge in [0.2, 0.25) is 0 Å². The molecular weight excluding hydrogens is 268 g/mol. The van der Waals surface area contributed by atoms with Crippen molar-refractivity contribution in [2.45, 2.75) is 38.6 Å². The van der Waals surface area contributed by atoms with Crippen LogP contribution in [0.4, 0.5) is 0 Å². The number of aliphatic hydroxyl groups is 1. The van der Waals surface area contributed by atoms with Crippen LogP contribution in [0.5, 0.6) is 0 Å². The number of carboxylic acids is 1. The Morgan fingerprint density at radius 3 is 2.71 bits per heavy atom. The highest BCUT2D eigenvalue weighted by Crippen LogP contribution is 2.38. The Morgan fingerprint density at radius 2 is 2.05 bits per heavy atom. The molecule has 0 unspecified atom stereocenters. The molecule has 2 aromatic rings. The maximum atomic E-state index is 11.2. The van der Waals surface area contributed by atoms with Crippen molar-refractivity contribution < 1.29 is 15.0 Å². The Hall–Kier alpha value is -1.88. The zero-order valence-electron chi connectivity index (χ0n) is 12.0. The van der Waals surface area contributed by atoms with E-state index in [1.807, 2.05) is 10.6 Å². The number of imidazole rings is 1. The van der Waals surface area contributed by atoms with E-state index in [0.29, 0.717) is 12.1 Å². The van der Waals surface area contributed by atoms with Crippen molar-refractivity contribution in [3.05, 3.63) is 30.1 Å². The molecular formula is C16H20N2O3. The SMILES string of the molecule is O=C(O)c1cccc2c1ncn2CC1(CO)CCCCC1. The molecule has 5 heteroatoms. The first-order valence-corrected chi connectivity index (χ1v) is 7.43. The van der Waals surface area contributed by atoms with Crippen LogP contribution in [0.25, 0.3) is 11.0 Å². The third-order valence-corrected chi connectivity index (χ3v) is 4.64. The van der Waals surface area contributed by atoms with Crippen LogP contribution in [0.15, 0.2) is 24.5 Å². The fourth-order valence-electron chi connectivity index (χ4n) is 3.42. The van der Waals surface area contributed by atoms with Gasteiger partial charge in [0.15, 0.2) is 0 Å². The number of hydrogen-bond acceptors (Lipinski definition) is 3. The Bertz CT molecular complexity index is 657. The average molecular weight is 288 g/mol. The quantitative estimate of drug-likeness (QED) is 0.907. The zero-order chi connectivity index (χ0) is 14.9. The summed E-state index contributed by atoms with van der Waals surface area (Å²) in [5.41, 5.74) is 1.49. The van der Waals surface area contributed by atoms with Crippen LogP contribution >= 0.6 is 0 Å². The molecule has 1 aromatic heterocycles. The van der Waals surface area contributed by atoms with E-state index in [1.165, 1.54) is 6.42 Å². The Morgan fingerprint density at radius 1 is 1.29 bits per heavy atom. The highest BCUT2D eigenvalue weighted by atomic mass is 16.4. The van der Waals surface area contributed by atoms with Crippen molar-refractivity contribution in [3.63, 3.8) is 0 Å². The van der Waals surface area contributed by atoms with Crippen molar-refractivity contribution in [1.29, 1.82) is 0 Å². The molecule has 2 N–H and O–H groups in total. The second-order valence-corrected chi connectivity index (χ2v) is 6.07. The van der Waals surface area contributed by atoms with Gasteiger partial charge in [-0.25, -0.2) is 9.78 Å². The van der Waals surface area contributed by atoms with Gasteiger partial charge in [-0.1, -0.05) is 25.3 Å². The van der Waals surface area contributed by atoms with E-state index >= 15 is 0 Å². The van der Waals surface area contributed by atoms with Crippen LogP contribution in [-0.2, 0) is 6.54 Å². The number of nitrogens with zero attached hydrogens (tertiary/aromatic N) is 2. The molecule has 1 saturated carbocycles. The van der Waals surface area contributed by atoms with Gasteiger partial charge in [-0.3, -0.25) is 0 Å². The molecule has 0 bridgehead atoms. The summed E-state index contributed by atoms with van der Waals surface area (Å²) in [6, 6.07) is 5.21. The Balaban J connectivity index is 1.97. The van der Waals surface area contributed by atoms with Gasteiger partial charge in [0.1, 0.15) is 5.52 Å². The van der Waals surface area contributed by atoms with E-state index in [-0.39, 0.29) is 17.6 Å². The standard InChI is InChI=1S/C16H20N2O3/c19-10-16(7-2-1-3-8-16)9-18-11-17-14-12(15(20)21)5-4-6-13(14)18/h4-6,11,19H,1-3,7-10H2,(H,20,21). The molecule has 1 aromatic carbocycles. The molecule has 0 aliphatic heterocycles. The average Bonchev–Trinajstić information content (AvgIpc) is 2.91. The Kier molecular flexibility index (Phi) is 3.68. The summed E-state index contributed by atoms with van der Waals surface area (Å²) >= 11 is 0. The first kappa shape index (κ1) is 14.1. The highest BCUT2D eigenvalue weighted by Gasteiger charge is 2.32. The second-order valence-electron chi connectivity index (χ2n) is 6.07. The van der Waals surface area contributed by atoms with Crippen molar-refractivity contribution in [3.8, 4) is 0 Å². The van der Waals surface area contributed by atoms with E-state index in [4.69, 9.17) is 0 Å². The molecule has 1 heterocycles. The predicted molar refractivity (Wildman–Crippen MR) is 79.3 cm³/mol. The maximum absolute atomic E-state index is 11.2. The van der Waals surface area contributed by atoms with Gasteiger partial charge < -0.3 is 14.8 Å². The number of carbonyl (C=O) groups is 1. The number of aromatic nitrogens is 2. The maximum Gasteiger partial charge on any atom is 0.337 e. The fourth-order valence-corrected chi connectivity index (χ4v) is 3.42. The fraction of sp³-hybridized carbons (Fsp3) is 0.500. The number of aromatic carboxylic acids is 1. The third kappa shape index (κ3) is 2.53. The van der Waals surface area contributed by atoms with Gasteiger partial charge in [-0.15, -0.1) is 0 Å². The highest BCUT2D eigenvalue weighted by molar-refractivity contribution is 6.00. The summed E-state index contributed by atoms with van der Waals surface area (Å²) in [6.07, 6.45) is 7.25. The number of para-hydroxylation sites is 1. The molecule has 0 radical (unpaired) electrons. The van der Waals surface area contributed by atoms with Gasteiger partial charge in [-0.05, 0) is 25.0 Å². The molecule has 5 nitrogen and oxygen atoms in total. The van der Waals surface area contributed by atoms with Gasteiger partial charge in [-0.2, -0.15) is 0 Å². The van der Waals surface area contributed by atoms with E-state index in [2.05, 4.69) is 4.98 Å². The monoisotopic (exact) mass is 288 g/mol. The van der Waals surface area contributed by atoms with Gasteiger partial charge in [0.25, 0.3) is 0 Å². The minimum Gasteiger partial charge on any atom is -0.478 e. The zero-order valence-corrected chi connectivity index (χ0v) is 12.0. The minimum absolute atomic E-state index is 0.0922. The number of rotatable bonds is 4. The molecule has 0 atom stereocenters. The topological polar surface area (TPSA) is 75.3 Å². The molecule has 1 aliphatic carbocycles. The molecule has 21 heavy (non-hydrogen) atoms. The summed E-state index contributed by atoms with van der Waals surface area (Å²) in [4.78, 5) is 15.5. The van der Waals surface area contributed by atoms with Gasteiger partial charge in [0.05, 0.1) is 24.0 Å². The first-order valence-electron chi connectivity index (χ1n) is 7.43. The summed E-state index contributed by atoms with van der Waals surface area (Å²) in [5.74, 6) is -0.958. The first-order chi connectivity index (χ1) is 10.2. The number of aliphatic hydroxyl groups excluding tert-OH is 1.